The summed E-state index contributed by atoms with van der Waals surface area (Å²) < 4.78 is 28.8. The molecule has 18 heavy (non-hydrogen) atoms. The normalized spacial score (nSPS) is 11.4. The van der Waals surface area contributed by atoms with Crippen molar-refractivity contribution in [3.05, 3.63) is 35.1 Å². The van der Waals surface area contributed by atoms with Crippen molar-refractivity contribution in [3.63, 3.8) is 0 Å². The molecule has 8 heteroatoms. The zero-order valence-corrected chi connectivity index (χ0v) is 11.9. The number of hydrogen-bond donors (Lipinski definition) is 2. The van der Waals surface area contributed by atoms with Crippen molar-refractivity contribution in [1.82, 2.24) is 9.78 Å². The van der Waals surface area contributed by atoms with E-state index in [2.05, 4.69) is 25.8 Å². The number of halogens is 1. The van der Waals surface area contributed by atoms with Gasteiger partial charge in [-0.05, 0) is 18.2 Å². The van der Waals surface area contributed by atoms with E-state index < -0.39 is 10.0 Å². The fourth-order valence-electron chi connectivity index (χ4n) is 1.42. The molecule has 0 fully saturated rings. The number of anilines is 2. The highest BCUT2D eigenvalue weighted by atomic mass is 79.9. The standard InChI is InChI=1S/C10H11BrN4O2S/c1-15-6-8(5-13-15)14-18(16,17)10-4-7(11)2-3-9(10)12/h2-6,14H,12H2,1H3. The zero-order chi connectivity index (χ0) is 13.3. The molecule has 1 aromatic carbocycles. The lowest BCUT2D eigenvalue weighted by atomic mass is 10.3. The highest BCUT2D eigenvalue weighted by Crippen LogP contribution is 2.24. The van der Waals surface area contributed by atoms with Crippen LogP contribution in [0.15, 0.2) is 40.0 Å². The van der Waals surface area contributed by atoms with Crippen molar-refractivity contribution in [2.45, 2.75) is 4.90 Å². The molecule has 0 saturated carbocycles. The summed E-state index contributed by atoms with van der Waals surface area (Å²) in [6.07, 6.45) is 2.98. The lowest BCUT2D eigenvalue weighted by Gasteiger charge is -2.08. The summed E-state index contributed by atoms with van der Waals surface area (Å²) in [5.41, 5.74) is 6.25. The van der Waals surface area contributed by atoms with Crippen LogP contribution in [0.25, 0.3) is 0 Å². The summed E-state index contributed by atoms with van der Waals surface area (Å²) in [5.74, 6) is 0. The van der Waals surface area contributed by atoms with E-state index in [4.69, 9.17) is 5.73 Å². The maximum Gasteiger partial charge on any atom is 0.264 e. The van der Waals surface area contributed by atoms with E-state index in [0.29, 0.717) is 10.2 Å². The van der Waals surface area contributed by atoms with E-state index in [1.807, 2.05) is 0 Å². The second-order valence-electron chi connectivity index (χ2n) is 3.69. The SMILES string of the molecule is Cn1cc(NS(=O)(=O)c2cc(Br)ccc2N)cn1. The molecule has 0 saturated heterocycles. The largest absolute Gasteiger partial charge is 0.398 e. The Morgan fingerprint density at radius 2 is 2.17 bits per heavy atom. The summed E-state index contributed by atoms with van der Waals surface area (Å²) in [6, 6.07) is 4.66. The van der Waals surface area contributed by atoms with E-state index in [-0.39, 0.29) is 10.6 Å². The van der Waals surface area contributed by atoms with Gasteiger partial charge in [0.25, 0.3) is 10.0 Å². The molecule has 0 amide bonds. The third-order valence-electron chi connectivity index (χ3n) is 2.22. The van der Waals surface area contributed by atoms with Crippen LogP contribution in [-0.4, -0.2) is 18.2 Å². The quantitative estimate of drug-likeness (QED) is 0.836. The maximum atomic E-state index is 12.1. The smallest absolute Gasteiger partial charge is 0.264 e. The van der Waals surface area contributed by atoms with Gasteiger partial charge in [-0.15, -0.1) is 0 Å². The van der Waals surface area contributed by atoms with Crippen molar-refractivity contribution < 1.29 is 8.42 Å². The molecule has 2 aromatic rings. The minimum atomic E-state index is -3.71. The summed E-state index contributed by atoms with van der Waals surface area (Å²) >= 11 is 3.21. The number of nitrogens with zero attached hydrogens (tertiary/aromatic N) is 2. The lowest BCUT2D eigenvalue weighted by molar-refractivity contribution is 0.601. The Hall–Kier alpha value is -1.54. The molecule has 0 spiro atoms. The number of aromatic nitrogens is 2. The second-order valence-corrected chi connectivity index (χ2v) is 6.26. The molecule has 0 radical (unpaired) electrons. The van der Waals surface area contributed by atoms with Crippen LogP contribution < -0.4 is 10.5 Å². The number of rotatable bonds is 3. The van der Waals surface area contributed by atoms with E-state index in [0.717, 1.165) is 0 Å². The van der Waals surface area contributed by atoms with Crippen LogP contribution in [0.1, 0.15) is 0 Å². The lowest BCUT2D eigenvalue weighted by Crippen LogP contribution is -2.14. The molecule has 0 unspecified atom stereocenters. The number of nitrogens with two attached hydrogens (primary N) is 1. The molecule has 2 rings (SSSR count). The minimum absolute atomic E-state index is 0.0285. The maximum absolute atomic E-state index is 12.1. The third-order valence-corrected chi connectivity index (χ3v) is 4.15. The topological polar surface area (TPSA) is 90.0 Å². The van der Waals surface area contributed by atoms with Gasteiger partial charge in [-0.2, -0.15) is 5.10 Å². The number of aryl methyl sites for hydroxylation is 1. The van der Waals surface area contributed by atoms with Gasteiger partial charge < -0.3 is 5.73 Å². The van der Waals surface area contributed by atoms with Crippen LogP contribution in [0.4, 0.5) is 11.4 Å². The van der Waals surface area contributed by atoms with E-state index >= 15 is 0 Å². The van der Waals surface area contributed by atoms with Crippen molar-refractivity contribution in [2.75, 3.05) is 10.5 Å². The van der Waals surface area contributed by atoms with Crippen molar-refractivity contribution in [2.24, 2.45) is 7.05 Å². The summed E-state index contributed by atoms with van der Waals surface area (Å²) in [4.78, 5) is 0.0285. The molecule has 1 heterocycles. The van der Waals surface area contributed by atoms with Gasteiger partial charge in [0.05, 0.1) is 17.6 Å². The predicted molar refractivity (Wildman–Crippen MR) is 72.6 cm³/mol. The van der Waals surface area contributed by atoms with Gasteiger partial charge >= 0.3 is 0 Å². The molecule has 0 bridgehead atoms. The Morgan fingerprint density at radius 3 is 2.78 bits per heavy atom. The van der Waals surface area contributed by atoms with Gasteiger partial charge in [0.2, 0.25) is 0 Å². The monoisotopic (exact) mass is 330 g/mol. The summed E-state index contributed by atoms with van der Waals surface area (Å²) in [7, 11) is -2.01. The number of nitrogens with one attached hydrogen (secondary N) is 1. The van der Waals surface area contributed by atoms with Crippen LogP contribution >= 0.6 is 15.9 Å². The van der Waals surface area contributed by atoms with E-state index in [9.17, 15) is 8.42 Å². The first kappa shape index (κ1) is 12.9. The summed E-state index contributed by atoms with van der Waals surface area (Å²) in [6.45, 7) is 0. The molecule has 96 valence electrons. The van der Waals surface area contributed by atoms with Gasteiger partial charge in [0.15, 0.2) is 0 Å². The molecule has 0 aliphatic rings. The average molecular weight is 331 g/mol. The fraction of sp³-hybridized carbons (Fsp3) is 0.100. The molecule has 0 atom stereocenters. The number of hydrogen-bond acceptors (Lipinski definition) is 4. The highest BCUT2D eigenvalue weighted by molar-refractivity contribution is 9.10. The van der Waals surface area contributed by atoms with Gasteiger partial charge in [0.1, 0.15) is 4.90 Å². The fourth-order valence-corrected chi connectivity index (χ4v) is 3.12. The van der Waals surface area contributed by atoms with Crippen LogP contribution in [0.3, 0.4) is 0 Å². The second kappa shape index (κ2) is 4.62. The van der Waals surface area contributed by atoms with E-state index in [1.165, 1.54) is 23.0 Å². The van der Waals surface area contributed by atoms with Crippen LogP contribution in [0.5, 0.6) is 0 Å². The Morgan fingerprint density at radius 1 is 1.44 bits per heavy atom. The molecule has 3 N–H and O–H groups in total. The molecule has 1 aromatic heterocycles. The third kappa shape index (κ3) is 2.65. The first-order valence-electron chi connectivity index (χ1n) is 4.95. The molecule has 6 nitrogen and oxygen atoms in total. The van der Waals surface area contributed by atoms with Crippen LogP contribution in [-0.2, 0) is 17.1 Å². The highest BCUT2D eigenvalue weighted by Gasteiger charge is 2.18. The van der Waals surface area contributed by atoms with Crippen LogP contribution in [0, 0.1) is 0 Å². The average Bonchev–Trinajstić information content (AvgIpc) is 2.66. The number of benzene rings is 1. The Kier molecular flexibility index (Phi) is 3.31. The Bertz CT molecular complexity index is 681. The van der Waals surface area contributed by atoms with Gasteiger partial charge in [-0.3, -0.25) is 9.40 Å². The Labute approximate surface area is 113 Å². The zero-order valence-electron chi connectivity index (χ0n) is 9.46. The van der Waals surface area contributed by atoms with Crippen molar-refractivity contribution in [3.8, 4) is 0 Å². The molecular formula is C10H11BrN4O2S. The van der Waals surface area contributed by atoms with Gasteiger partial charge in [0, 0.05) is 17.7 Å². The van der Waals surface area contributed by atoms with Crippen LogP contribution in [0.2, 0.25) is 0 Å². The minimum Gasteiger partial charge on any atom is -0.398 e. The summed E-state index contributed by atoms with van der Waals surface area (Å²) in [5, 5.41) is 3.88. The van der Waals surface area contributed by atoms with Gasteiger partial charge in [-0.1, -0.05) is 15.9 Å². The predicted octanol–water partition coefficient (Wildman–Crippen LogP) is 1.57. The van der Waals surface area contributed by atoms with Gasteiger partial charge in [-0.25, -0.2) is 8.42 Å². The molecular weight excluding hydrogens is 320 g/mol. The van der Waals surface area contributed by atoms with Crippen molar-refractivity contribution in [1.29, 1.82) is 0 Å². The first-order valence-corrected chi connectivity index (χ1v) is 7.22. The number of sulfonamides is 1. The number of nitrogen functional groups attached to an aromatic ring is 1. The first-order chi connectivity index (χ1) is 8.38. The van der Waals surface area contributed by atoms with Crippen molar-refractivity contribution >= 4 is 37.3 Å². The Balaban J connectivity index is 2.39. The molecule has 0 aliphatic carbocycles. The van der Waals surface area contributed by atoms with E-state index in [1.54, 1.807) is 19.3 Å². The molecule has 0 aliphatic heterocycles.